The summed E-state index contributed by atoms with van der Waals surface area (Å²) in [6, 6.07) is 1.36. The Kier molecular flexibility index (Phi) is 3.39. The van der Waals surface area contributed by atoms with Crippen molar-refractivity contribution in [2.75, 3.05) is 26.3 Å². The minimum absolute atomic E-state index is 0.0200. The molecule has 7 heteroatoms. The molecule has 1 aliphatic heterocycles. The predicted octanol–water partition coefficient (Wildman–Crippen LogP) is 1.44. The van der Waals surface area contributed by atoms with Crippen LogP contribution >= 0.6 is 11.3 Å². The third-order valence-corrected chi connectivity index (χ3v) is 3.63. The largest absolute Gasteiger partial charge is 0.378 e. The number of hydrogen-bond donors (Lipinski definition) is 0. The fourth-order valence-electron chi connectivity index (χ4n) is 1.68. The highest BCUT2D eigenvalue weighted by atomic mass is 32.1. The Hall–Kier alpha value is -1.47. The van der Waals surface area contributed by atoms with Crippen molar-refractivity contribution in [1.82, 2.24) is 4.90 Å². The minimum atomic E-state index is -0.456. The van der Waals surface area contributed by atoms with E-state index in [1.54, 1.807) is 11.8 Å². The Bertz CT molecular complexity index is 451. The third kappa shape index (κ3) is 2.45. The molecular weight excluding hydrogens is 244 g/mol. The first-order valence-electron chi connectivity index (χ1n) is 5.21. The molecule has 0 radical (unpaired) electrons. The molecule has 1 aromatic heterocycles. The molecule has 6 nitrogen and oxygen atoms in total. The SMILES string of the molecule is Cc1sc(C(=O)N2CCOCC2)cc1[N+](=O)[O-]. The monoisotopic (exact) mass is 256 g/mol. The molecule has 0 N–H and O–H groups in total. The second kappa shape index (κ2) is 4.80. The van der Waals surface area contributed by atoms with E-state index in [-0.39, 0.29) is 11.6 Å². The summed E-state index contributed by atoms with van der Waals surface area (Å²) in [4.78, 5) is 24.9. The molecule has 0 unspecified atom stereocenters. The van der Waals surface area contributed by atoms with E-state index in [0.29, 0.717) is 36.1 Å². The van der Waals surface area contributed by atoms with Crippen LogP contribution in [0.25, 0.3) is 0 Å². The maximum absolute atomic E-state index is 12.0. The van der Waals surface area contributed by atoms with Crippen LogP contribution in [0, 0.1) is 17.0 Å². The van der Waals surface area contributed by atoms with Crippen LogP contribution in [0.2, 0.25) is 0 Å². The highest BCUT2D eigenvalue weighted by molar-refractivity contribution is 7.14. The average Bonchev–Trinajstić information content (AvgIpc) is 2.71. The summed E-state index contributed by atoms with van der Waals surface area (Å²) in [5.74, 6) is -0.144. The van der Waals surface area contributed by atoms with Crippen molar-refractivity contribution >= 4 is 22.9 Å². The first kappa shape index (κ1) is 12.0. The lowest BCUT2D eigenvalue weighted by molar-refractivity contribution is -0.385. The van der Waals surface area contributed by atoms with Crippen LogP contribution in [0.1, 0.15) is 14.5 Å². The van der Waals surface area contributed by atoms with Gasteiger partial charge in [0.15, 0.2) is 0 Å². The van der Waals surface area contributed by atoms with Gasteiger partial charge in [-0.15, -0.1) is 11.3 Å². The van der Waals surface area contributed by atoms with Crippen LogP contribution in [0.3, 0.4) is 0 Å². The van der Waals surface area contributed by atoms with Gasteiger partial charge in [-0.25, -0.2) is 0 Å². The van der Waals surface area contributed by atoms with Crippen molar-refractivity contribution in [3.8, 4) is 0 Å². The summed E-state index contributed by atoms with van der Waals surface area (Å²) >= 11 is 1.17. The fourth-order valence-corrected chi connectivity index (χ4v) is 2.64. The molecule has 1 saturated heterocycles. The molecule has 1 fully saturated rings. The van der Waals surface area contributed by atoms with Crippen molar-refractivity contribution in [3.63, 3.8) is 0 Å². The Labute approximate surface area is 102 Å². The van der Waals surface area contributed by atoms with E-state index in [1.807, 2.05) is 0 Å². The van der Waals surface area contributed by atoms with Gasteiger partial charge in [0, 0.05) is 19.2 Å². The lowest BCUT2D eigenvalue weighted by atomic mass is 10.3. The zero-order valence-corrected chi connectivity index (χ0v) is 10.2. The maximum Gasteiger partial charge on any atom is 0.283 e. The summed E-state index contributed by atoms with van der Waals surface area (Å²) in [6.07, 6.45) is 0. The third-order valence-electron chi connectivity index (χ3n) is 2.60. The molecule has 0 atom stereocenters. The molecule has 1 amide bonds. The number of hydrogen-bond acceptors (Lipinski definition) is 5. The maximum atomic E-state index is 12.0. The number of thiophene rings is 1. The van der Waals surface area contributed by atoms with Crippen LogP contribution in [0.4, 0.5) is 5.69 Å². The number of carbonyl (C=O) groups excluding carboxylic acids is 1. The van der Waals surface area contributed by atoms with Crippen LogP contribution < -0.4 is 0 Å². The molecule has 0 aliphatic carbocycles. The number of nitrogens with zero attached hydrogens (tertiary/aromatic N) is 2. The lowest BCUT2D eigenvalue weighted by Crippen LogP contribution is -2.40. The predicted molar refractivity (Wildman–Crippen MR) is 62.4 cm³/mol. The van der Waals surface area contributed by atoms with E-state index in [1.165, 1.54) is 17.4 Å². The standard InChI is InChI=1S/C10H12N2O4S/c1-7-8(12(14)15)6-9(17-7)10(13)11-2-4-16-5-3-11/h6H,2-5H2,1H3. The van der Waals surface area contributed by atoms with Gasteiger partial charge in [-0.3, -0.25) is 14.9 Å². The van der Waals surface area contributed by atoms with E-state index < -0.39 is 4.92 Å². The summed E-state index contributed by atoms with van der Waals surface area (Å²) in [5.41, 5.74) is 0.0200. The quantitative estimate of drug-likeness (QED) is 0.593. The van der Waals surface area contributed by atoms with Gasteiger partial charge in [0.1, 0.15) is 0 Å². The molecule has 2 heterocycles. The number of aryl methyl sites for hydroxylation is 1. The van der Waals surface area contributed by atoms with Crippen molar-refractivity contribution < 1.29 is 14.5 Å². The molecule has 17 heavy (non-hydrogen) atoms. The molecule has 1 aromatic rings. The van der Waals surface area contributed by atoms with Crippen molar-refractivity contribution in [3.05, 3.63) is 25.9 Å². The van der Waals surface area contributed by atoms with Gasteiger partial charge < -0.3 is 9.64 Å². The van der Waals surface area contributed by atoms with Gasteiger partial charge >= 0.3 is 0 Å². The Balaban J connectivity index is 2.19. The van der Waals surface area contributed by atoms with Gasteiger partial charge in [-0.05, 0) is 6.92 Å². The highest BCUT2D eigenvalue weighted by Gasteiger charge is 2.24. The van der Waals surface area contributed by atoms with Gasteiger partial charge in [0.05, 0.1) is 27.9 Å². The van der Waals surface area contributed by atoms with Crippen molar-refractivity contribution in [1.29, 1.82) is 0 Å². The number of carbonyl (C=O) groups is 1. The first-order valence-corrected chi connectivity index (χ1v) is 6.03. The van der Waals surface area contributed by atoms with Gasteiger partial charge in [0.25, 0.3) is 11.6 Å². The number of rotatable bonds is 2. The van der Waals surface area contributed by atoms with Gasteiger partial charge in [-0.1, -0.05) is 0 Å². The van der Waals surface area contributed by atoms with E-state index in [4.69, 9.17) is 4.74 Å². The van der Waals surface area contributed by atoms with Crippen LogP contribution in [-0.4, -0.2) is 42.0 Å². The van der Waals surface area contributed by atoms with E-state index >= 15 is 0 Å². The van der Waals surface area contributed by atoms with Crippen LogP contribution in [-0.2, 0) is 4.74 Å². The van der Waals surface area contributed by atoms with Gasteiger partial charge in [-0.2, -0.15) is 0 Å². The normalized spacial score (nSPS) is 15.9. The summed E-state index contributed by atoms with van der Waals surface area (Å²) in [6.45, 7) is 3.79. The molecule has 0 spiro atoms. The van der Waals surface area contributed by atoms with Crippen molar-refractivity contribution in [2.45, 2.75) is 6.92 Å². The zero-order valence-electron chi connectivity index (χ0n) is 9.34. The molecule has 0 aromatic carbocycles. The molecule has 0 bridgehead atoms. The minimum Gasteiger partial charge on any atom is -0.378 e. The summed E-state index contributed by atoms with van der Waals surface area (Å²) < 4.78 is 5.15. The summed E-state index contributed by atoms with van der Waals surface area (Å²) in [7, 11) is 0. The average molecular weight is 256 g/mol. The van der Waals surface area contributed by atoms with Gasteiger partial charge in [0.2, 0.25) is 0 Å². The lowest BCUT2D eigenvalue weighted by Gasteiger charge is -2.26. The van der Waals surface area contributed by atoms with E-state index in [2.05, 4.69) is 0 Å². The fraction of sp³-hybridized carbons (Fsp3) is 0.500. The number of morpholine rings is 1. The number of ether oxygens (including phenoxy) is 1. The Morgan fingerprint density at radius 3 is 2.71 bits per heavy atom. The first-order chi connectivity index (χ1) is 8.09. The second-order valence-corrected chi connectivity index (χ2v) is 4.97. The topological polar surface area (TPSA) is 72.7 Å². The van der Waals surface area contributed by atoms with Crippen molar-refractivity contribution in [2.24, 2.45) is 0 Å². The van der Waals surface area contributed by atoms with E-state index in [0.717, 1.165) is 0 Å². The zero-order chi connectivity index (χ0) is 12.4. The Morgan fingerprint density at radius 1 is 1.53 bits per heavy atom. The van der Waals surface area contributed by atoms with Crippen LogP contribution in [0.5, 0.6) is 0 Å². The number of amides is 1. The molecule has 1 aliphatic rings. The smallest absolute Gasteiger partial charge is 0.283 e. The highest BCUT2D eigenvalue weighted by Crippen LogP contribution is 2.29. The second-order valence-electron chi connectivity index (χ2n) is 3.71. The molecule has 0 saturated carbocycles. The number of nitro groups is 1. The summed E-state index contributed by atoms with van der Waals surface area (Å²) in [5, 5.41) is 10.7. The van der Waals surface area contributed by atoms with E-state index in [9.17, 15) is 14.9 Å². The molecule has 2 rings (SSSR count). The molecular formula is C10H12N2O4S. The van der Waals surface area contributed by atoms with Crippen LogP contribution in [0.15, 0.2) is 6.07 Å². The molecule has 92 valence electrons. The Morgan fingerprint density at radius 2 is 2.18 bits per heavy atom.